The summed E-state index contributed by atoms with van der Waals surface area (Å²) in [5.74, 6) is -0.358. The maximum absolute atomic E-state index is 12.5. The van der Waals surface area contributed by atoms with Gasteiger partial charge in [-0.2, -0.15) is 0 Å². The van der Waals surface area contributed by atoms with Crippen molar-refractivity contribution >= 4 is 12.2 Å². The van der Waals surface area contributed by atoms with Gasteiger partial charge in [0.05, 0.1) is 6.20 Å². The maximum atomic E-state index is 12.5. The minimum atomic E-state index is -0.358. The third-order valence-corrected chi connectivity index (χ3v) is 1.54. The minimum Gasteiger partial charge on any atom is -0.289 e. The summed E-state index contributed by atoms with van der Waals surface area (Å²) in [7, 11) is 0. The molecule has 1 aromatic rings. The average molecular weight is 160 g/mol. The molecule has 1 heterocycles. The molecule has 1 N–H and O–H groups in total. The van der Waals surface area contributed by atoms with Crippen LogP contribution in [0.25, 0.3) is 0 Å². The van der Waals surface area contributed by atoms with Crippen molar-refractivity contribution in [3.8, 4) is 0 Å². The number of hydrogen-bond donors (Lipinski definition) is 1. The van der Waals surface area contributed by atoms with Crippen molar-refractivity contribution in [2.75, 3.05) is 0 Å². The lowest BCUT2D eigenvalue weighted by Crippen LogP contribution is -1.99. The smallest absolute Gasteiger partial charge is 0.176 e. The highest BCUT2D eigenvalue weighted by Gasteiger charge is 2.00. The van der Waals surface area contributed by atoms with E-state index in [1.807, 2.05) is 13.8 Å². The Kier molecular flexibility index (Phi) is 1.89. The summed E-state index contributed by atoms with van der Waals surface area (Å²) in [4.78, 5) is 0. The first-order valence-electron chi connectivity index (χ1n) is 3.08. The largest absolute Gasteiger partial charge is 0.289 e. The number of nitrogens with zero attached hydrogens (tertiary/aromatic N) is 1. The van der Waals surface area contributed by atoms with Crippen LogP contribution >= 0.6 is 12.2 Å². The normalized spacial score (nSPS) is 10.8. The second-order valence-electron chi connectivity index (χ2n) is 2.42. The van der Waals surface area contributed by atoms with Crippen LogP contribution in [0.2, 0.25) is 0 Å². The molecule has 0 unspecified atom stereocenters. The highest BCUT2D eigenvalue weighted by Crippen LogP contribution is 2.04. The quantitative estimate of drug-likeness (QED) is 0.625. The van der Waals surface area contributed by atoms with Gasteiger partial charge in [0.2, 0.25) is 0 Å². The third-order valence-electron chi connectivity index (χ3n) is 1.26. The molecule has 2 nitrogen and oxygen atoms in total. The molecule has 0 aliphatic carbocycles. The molecule has 0 atom stereocenters. The van der Waals surface area contributed by atoms with Crippen LogP contribution in [-0.4, -0.2) is 9.78 Å². The fourth-order valence-corrected chi connectivity index (χ4v) is 0.820. The molecule has 0 spiro atoms. The summed E-state index contributed by atoms with van der Waals surface area (Å²) in [5.41, 5.74) is 0. The molecule has 0 saturated heterocycles. The molecule has 1 rings (SSSR count). The number of halogens is 1. The van der Waals surface area contributed by atoms with E-state index in [0.717, 1.165) is 0 Å². The third kappa shape index (κ3) is 1.26. The van der Waals surface area contributed by atoms with Crippen LogP contribution in [0.1, 0.15) is 19.9 Å². The molecule has 1 aromatic heterocycles. The van der Waals surface area contributed by atoms with Gasteiger partial charge in [-0.25, -0.2) is 4.39 Å². The number of H-pyrrole nitrogens is 1. The SMILES string of the molecule is CC(C)n1cc(F)c(=S)[nH]1. The molecule has 0 aromatic carbocycles. The molecular weight excluding hydrogens is 151 g/mol. The van der Waals surface area contributed by atoms with Crippen LogP contribution in [0, 0.1) is 10.5 Å². The van der Waals surface area contributed by atoms with Crippen LogP contribution in [0.3, 0.4) is 0 Å². The van der Waals surface area contributed by atoms with Gasteiger partial charge in [-0.15, -0.1) is 0 Å². The Bertz CT molecular complexity index is 274. The molecule has 0 amide bonds. The highest BCUT2D eigenvalue weighted by molar-refractivity contribution is 7.71. The number of aromatic amines is 1. The van der Waals surface area contributed by atoms with Crippen molar-refractivity contribution in [2.24, 2.45) is 0 Å². The average Bonchev–Trinajstić information content (AvgIpc) is 2.13. The Morgan fingerprint density at radius 1 is 1.70 bits per heavy atom. The van der Waals surface area contributed by atoms with Gasteiger partial charge < -0.3 is 0 Å². The van der Waals surface area contributed by atoms with Gasteiger partial charge in [-0.1, -0.05) is 12.2 Å². The first kappa shape index (κ1) is 7.47. The van der Waals surface area contributed by atoms with Crippen molar-refractivity contribution in [3.63, 3.8) is 0 Å². The Labute approximate surface area is 63.7 Å². The van der Waals surface area contributed by atoms with Gasteiger partial charge in [0.15, 0.2) is 10.5 Å². The Morgan fingerprint density at radius 3 is 2.50 bits per heavy atom. The van der Waals surface area contributed by atoms with E-state index in [4.69, 9.17) is 0 Å². The lowest BCUT2D eigenvalue weighted by atomic mass is 10.4. The van der Waals surface area contributed by atoms with Crippen molar-refractivity contribution < 1.29 is 4.39 Å². The summed E-state index contributed by atoms with van der Waals surface area (Å²) in [6.07, 6.45) is 1.37. The molecule has 0 aliphatic heterocycles. The monoisotopic (exact) mass is 160 g/mol. The zero-order valence-electron chi connectivity index (χ0n) is 5.89. The standard InChI is InChI=1S/C6H9FN2S/c1-4(2)9-3-5(7)6(10)8-9/h3-4H,1-2H3,(H,8,10). The van der Waals surface area contributed by atoms with E-state index >= 15 is 0 Å². The predicted molar refractivity (Wildman–Crippen MR) is 40.0 cm³/mol. The fraction of sp³-hybridized carbons (Fsp3) is 0.500. The van der Waals surface area contributed by atoms with Gasteiger partial charge in [0.1, 0.15) is 0 Å². The van der Waals surface area contributed by atoms with E-state index in [1.165, 1.54) is 6.20 Å². The lowest BCUT2D eigenvalue weighted by molar-refractivity contribution is 0.526. The van der Waals surface area contributed by atoms with Crippen molar-refractivity contribution in [2.45, 2.75) is 19.9 Å². The summed E-state index contributed by atoms with van der Waals surface area (Å²) in [6, 6.07) is 0.228. The topological polar surface area (TPSA) is 20.7 Å². The van der Waals surface area contributed by atoms with Crippen molar-refractivity contribution in [1.29, 1.82) is 0 Å². The highest BCUT2D eigenvalue weighted by atomic mass is 32.1. The van der Waals surface area contributed by atoms with E-state index in [9.17, 15) is 4.39 Å². The van der Waals surface area contributed by atoms with E-state index in [-0.39, 0.29) is 16.5 Å². The van der Waals surface area contributed by atoms with Crippen molar-refractivity contribution in [1.82, 2.24) is 9.78 Å². The zero-order chi connectivity index (χ0) is 7.72. The van der Waals surface area contributed by atoms with E-state index in [1.54, 1.807) is 4.68 Å². The van der Waals surface area contributed by atoms with Gasteiger partial charge in [0, 0.05) is 6.04 Å². The molecule has 10 heavy (non-hydrogen) atoms. The van der Waals surface area contributed by atoms with Gasteiger partial charge in [-0.3, -0.25) is 9.78 Å². The van der Waals surface area contributed by atoms with Crippen LogP contribution in [0.4, 0.5) is 4.39 Å². The van der Waals surface area contributed by atoms with Crippen LogP contribution in [0.15, 0.2) is 6.20 Å². The second-order valence-corrected chi connectivity index (χ2v) is 2.83. The summed E-state index contributed by atoms with van der Waals surface area (Å²) in [5, 5.41) is 2.70. The molecule has 0 bridgehead atoms. The number of hydrogen-bond acceptors (Lipinski definition) is 1. The molecule has 0 aliphatic rings. The lowest BCUT2D eigenvalue weighted by Gasteiger charge is -2.03. The van der Waals surface area contributed by atoms with E-state index in [0.29, 0.717) is 0 Å². The first-order chi connectivity index (χ1) is 4.61. The maximum Gasteiger partial charge on any atom is 0.176 e. The van der Waals surface area contributed by atoms with E-state index in [2.05, 4.69) is 17.3 Å². The molecule has 0 saturated carbocycles. The molecular formula is C6H9FN2S. The van der Waals surface area contributed by atoms with Crippen LogP contribution in [0.5, 0.6) is 0 Å². The first-order valence-corrected chi connectivity index (χ1v) is 3.48. The molecule has 4 heteroatoms. The number of rotatable bonds is 1. The number of nitrogens with one attached hydrogen (secondary N) is 1. The number of aromatic nitrogens is 2. The predicted octanol–water partition coefficient (Wildman–Crippen LogP) is 2.27. The van der Waals surface area contributed by atoms with Crippen LogP contribution < -0.4 is 0 Å². The van der Waals surface area contributed by atoms with Crippen molar-refractivity contribution in [3.05, 3.63) is 16.7 Å². The Balaban J connectivity index is 3.10. The van der Waals surface area contributed by atoms with Gasteiger partial charge >= 0.3 is 0 Å². The van der Waals surface area contributed by atoms with Crippen LogP contribution in [-0.2, 0) is 0 Å². The Hall–Kier alpha value is -0.640. The summed E-state index contributed by atoms with van der Waals surface area (Å²) in [6.45, 7) is 3.90. The zero-order valence-corrected chi connectivity index (χ0v) is 6.70. The van der Waals surface area contributed by atoms with Gasteiger partial charge in [0.25, 0.3) is 0 Å². The summed E-state index contributed by atoms with van der Waals surface area (Å²) >= 11 is 4.64. The minimum absolute atomic E-state index is 0.175. The van der Waals surface area contributed by atoms with E-state index < -0.39 is 0 Å². The second kappa shape index (κ2) is 2.54. The fourth-order valence-electron chi connectivity index (χ4n) is 0.662. The molecule has 0 radical (unpaired) electrons. The summed E-state index contributed by atoms with van der Waals surface area (Å²) < 4.78 is 14.4. The molecule has 56 valence electrons. The molecule has 0 fully saturated rings. The Morgan fingerprint density at radius 2 is 2.30 bits per heavy atom. The van der Waals surface area contributed by atoms with Gasteiger partial charge in [-0.05, 0) is 13.8 Å².